The smallest absolute Gasteiger partial charge is 0.0234 e. The molecule has 0 fully saturated rings. The van der Waals surface area contributed by atoms with Gasteiger partial charge in [-0.15, -0.1) is 0 Å². The van der Waals surface area contributed by atoms with E-state index in [-0.39, 0.29) is 0 Å². The van der Waals surface area contributed by atoms with E-state index < -0.39 is 0 Å². The molecule has 0 spiro atoms. The van der Waals surface area contributed by atoms with Crippen molar-refractivity contribution in [3.8, 4) is 0 Å². The molecule has 0 aliphatic rings. The van der Waals surface area contributed by atoms with Crippen molar-refractivity contribution in [3.05, 3.63) is 179 Å². The summed E-state index contributed by atoms with van der Waals surface area (Å²) in [5, 5.41) is 7.35. The molecule has 0 radical (unpaired) electrons. The molecule has 5 aromatic carbocycles. The van der Waals surface area contributed by atoms with E-state index in [1.807, 2.05) is 0 Å². The lowest BCUT2D eigenvalue weighted by Crippen LogP contribution is -2.41. The molecule has 0 atom stereocenters. The van der Waals surface area contributed by atoms with Crippen molar-refractivity contribution in [2.24, 2.45) is 0 Å². The molecular formula is C43H53N5. The van der Waals surface area contributed by atoms with E-state index in [0.29, 0.717) is 0 Å². The average Bonchev–Trinajstić information content (AvgIpc) is 3.14. The Hall–Kier alpha value is -4.10. The molecule has 5 aromatic rings. The van der Waals surface area contributed by atoms with Crippen molar-refractivity contribution in [2.45, 2.75) is 32.7 Å². The van der Waals surface area contributed by atoms with Crippen LogP contribution in [0.25, 0.3) is 0 Å². The van der Waals surface area contributed by atoms with Gasteiger partial charge in [-0.05, 0) is 27.8 Å². The number of hydrogen-bond acceptors (Lipinski definition) is 5. The van der Waals surface area contributed by atoms with Gasteiger partial charge in [0.15, 0.2) is 0 Å². The number of benzene rings is 5. The minimum absolute atomic E-state index is 0.900. The van der Waals surface area contributed by atoms with Gasteiger partial charge in [-0.25, -0.2) is 0 Å². The molecule has 0 saturated carbocycles. The third kappa shape index (κ3) is 13.6. The highest BCUT2D eigenvalue weighted by atomic mass is 15.2. The lowest BCUT2D eigenvalue weighted by atomic mass is 10.2. The Morgan fingerprint density at radius 1 is 0.292 bits per heavy atom. The Balaban J connectivity index is 1.20. The minimum atomic E-state index is 0.900. The van der Waals surface area contributed by atoms with Crippen LogP contribution in [0.4, 0.5) is 0 Å². The van der Waals surface area contributed by atoms with Crippen molar-refractivity contribution in [3.63, 3.8) is 0 Å². The quantitative estimate of drug-likeness (QED) is 0.0792. The molecule has 0 bridgehead atoms. The maximum absolute atomic E-state index is 3.68. The monoisotopic (exact) mass is 639 g/mol. The lowest BCUT2D eigenvalue weighted by Gasteiger charge is -2.30. The Morgan fingerprint density at radius 2 is 0.542 bits per heavy atom. The summed E-state index contributed by atoms with van der Waals surface area (Å²) in [4.78, 5) is 7.88. The summed E-state index contributed by atoms with van der Waals surface area (Å²) < 4.78 is 0. The normalized spacial score (nSPS) is 11.5. The highest BCUT2D eigenvalue weighted by Gasteiger charge is 2.14. The summed E-state index contributed by atoms with van der Waals surface area (Å²) in [6.45, 7) is 12.7. The Bertz CT molecular complexity index is 1400. The fraction of sp³-hybridized carbons (Fsp3) is 0.302. The van der Waals surface area contributed by atoms with E-state index in [0.717, 1.165) is 85.1 Å². The van der Waals surface area contributed by atoms with Gasteiger partial charge in [0.05, 0.1) is 0 Å². The van der Waals surface area contributed by atoms with Gasteiger partial charge in [0, 0.05) is 85.1 Å². The van der Waals surface area contributed by atoms with Gasteiger partial charge < -0.3 is 10.6 Å². The summed E-state index contributed by atoms with van der Waals surface area (Å²) in [6.07, 6.45) is 0. The van der Waals surface area contributed by atoms with Crippen LogP contribution in [0.1, 0.15) is 27.8 Å². The molecule has 0 aromatic heterocycles. The largest absolute Gasteiger partial charge is 0.311 e. The summed E-state index contributed by atoms with van der Waals surface area (Å²) in [5.74, 6) is 0. The molecule has 0 aliphatic heterocycles. The first kappa shape index (κ1) is 35.2. The maximum atomic E-state index is 3.68. The zero-order valence-corrected chi connectivity index (χ0v) is 28.5. The van der Waals surface area contributed by atoms with Crippen LogP contribution in [0.15, 0.2) is 152 Å². The Kier molecular flexibility index (Phi) is 15.4. The molecule has 0 heterocycles. The summed E-state index contributed by atoms with van der Waals surface area (Å²) >= 11 is 0. The van der Waals surface area contributed by atoms with Gasteiger partial charge in [0.25, 0.3) is 0 Å². The molecule has 5 nitrogen and oxygen atoms in total. The van der Waals surface area contributed by atoms with Crippen LogP contribution in [0, 0.1) is 0 Å². The van der Waals surface area contributed by atoms with Crippen molar-refractivity contribution >= 4 is 0 Å². The summed E-state index contributed by atoms with van der Waals surface area (Å²) in [6, 6.07) is 54.2. The van der Waals surface area contributed by atoms with E-state index in [2.05, 4.69) is 177 Å². The maximum Gasteiger partial charge on any atom is 0.0234 e. The first-order chi connectivity index (χ1) is 23.8. The molecule has 2 N–H and O–H groups in total. The van der Waals surface area contributed by atoms with Crippen LogP contribution in [0.3, 0.4) is 0 Å². The fourth-order valence-electron chi connectivity index (χ4n) is 6.03. The van der Waals surface area contributed by atoms with Gasteiger partial charge in [0.1, 0.15) is 0 Å². The zero-order valence-electron chi connectivity index (χ0n) is 28.5. The molecule has 0 unspecified atom stereocenters. The fourth-order valence-corrected chi connectivity index (χ4v) is 6.03. The first-order valence-corrected chi connectivity index (χ1v) is 17.6. The SMILES string of the molecule is c1ccc(CNCCN(CCN(CCN(CCNCc2ccccc2)Cc2ccccc2)Cc2ccccc2)Cc2ccccc2)cc1. The molecule has 0 saturated heterocycles. The van der Waals surface area contributed by atoms with Gasteiger partial charge in [-0.2, -0.15) is 0 Å². The standard InChI is InChI=1S/C43H53N5/c1-6-16-39(17-7-1)34-44-26-28-46(36-41-20-10-3-11-21-41)30-32-48(38-43-24-14-5-15-25-43)33-31-47(37-42-22-12-4-13-23-42)29-27-45-35-40-18-8-2-9-19-40/h1-25,44-45H,26-38H2. The van der Waals surface area contributed by atoms with E-state index in [9.17, 15) is 0 Å². The van der Waals surface area contributed by atoms with Gasteiger partial charge in [-0.3, -0.25) is 14.7 Å². The van der Waals surface area contributed by atoms with Crippen LogP contribution >= 0.6 is 0 Å². The van der Waals surface area contributed by atoms with Gasteiger partial charge >= 0.3 is 0 Å². The van der Waals surface area contributed by atoms with E-state index in [1.54, 1.807) is 0 Å². The number of rotatable bonds is 22. The minimum Gasteiger partial charge on any atom is -0.311 e. The van der Waals surface area contributed by atoms with Crippen molar-refractivity contribution in [2.75, 3.05) is 52.4 Å². The average molecular weight is 640 g/mol. The van der Waals surface area contributed by atoms with E-state index in [1.165, 1.54) is 27.8 Å². The van der Waals surface area contributed by atoms with Gasteiger partial charge in [0.2, 0.25) is 0 Å². The van der Waals surface area contributed by atoms with Crippen molar-refractivity contribution in [1.29, 1.82) is 0 Å². The second kappa shape index (κ2) is 21.0. The Morgan fingerprint density at radius 3 is 0.833 bits per heavy atom. The van der Waals surface area contributed by atoms with Crippen molar-refractivity contribution in [1.82, 2.24) is 25.3 Å². The summed E-state index contributed by atoms with van der Waals surface area (Å²) in [5.41, 5.74) is 6.77. The second-order valence-corrected chi connectivity index (χ2v) is 12.6. The lowest BCUT2D eigenvalue weighted by molar-refractivity contribution is 0.164. The molecule has 250 valence electrons. The van der Waals surface area contributed by atoms with Crippen LogP contribution in [-0.2, 0) is 32.7 Å². The number of nitrogens with one attached hydrogen (secondary N) is 2. The predicted molar refractivity (Wildman–Crippen MR) is 201 cm³/mol. The second-order valence-electron chi connectivity index (χ2n) is 12.6. The molecular weight excluding hydrogens is 587 g/mol. The molecule has 0 aliphatic carbocycles. The zero-order chi connectivity index (χ0) is 32.9. The third-order valence-electron chi connectivity index (χ3n) is 8.77. The Labute approximate surface area is 289 Å². The predicted octanol–water partition coefficient (Wildman–Crippen LogP) is 7.07. The molecule has 48 heavy (non-hydrogen) atoms. The molecule has 0 amide bonds. The van der Waals surface area contributed by atoms with Crippen LogP contribution in [0.2, 0.25) is 0 Å². The number of hydrogen-bond donors (Lipinski definition) is 2. The molecule has 5 rings (SSSR count). The molecule has 5 heteroatoms. The topological polar surface area (TPSA) is 33.8 Å². The van der Waals surface area contributed by atoms with E-state index >= 15 is 0 Å². The highest BCUT2D eigenvalue weighted by molar-refractivity contribution is 5.17. The first-order valence-electron chi connectivity index (χ1n) is 17.6. The third-order valence-corrected chi connectivity index (χ3v) is 8.77. The summed E-state index contributed by atoms with van der Waals surface area (Å²) in [7, 11) is 0. The number of nitrogens with zero attached hydrogens (tertiary/aromatic N) is 3. The van der Waals surface area contributed by atoms with Crippen LogP contribution < -0.4 is 10.6 Å². The van der Waals surface area contributed by atoms with Gasteiger partial charge in [-0.1, -0.05) is 152 Å². The van der Waals surface area contributed by atoms with Crippen LogP contribution in [0.5, 0.6) is 0 Å². The van der Waals surface area contributed by atoms with E-state index in [4.69, 9.17) is 0 Å². The van der Waals surface area contributed by atoms with Crippen molar-refractivity contribution < 1.29 is 0 Å². The highest BCUT2D eigenvalue weighted by Crippen LogP contribution is 2.10. The van der Waals surface area contributed by atoms with Crippen LogP contribution in [-0.4, -0.2) is 67.1 Å².